The van der Waals surface area contributed by atoms with E-state index < -0.39 is 32.4 Å². The third-order valence-corrected chi connectivity index (χ3v) is 3.58. The molecule has 0 aliphatic heterocycles. The number of aryl methyl sites for hydroxylation is 1. The molecule has 0 amide bonds. The number of rotatable bonds is 3. The SMILES string of the molecule is Cc1cc(NS(=O)(=O)c2c(F)cc(F)cc2F)n[nH]1. The van der Waals surface area contributed by atoms with Gasteiger partial charge < -0.3 is 0 Å². The van der Waals surface area contributed by atoms with Gasteiger partial charge in [-0.1, -0.05) is 0 Å². The van der Waals surface area contributed by atoms with Crippen molar-refractivity contribution in [2.45, 2.75) is 11.8 Å². The summed E-state index contributed by atoms with van der Waals surface area (Å²) in [7, 11) is -4.53. The summed E-state index contributed by atoms with van der Waals surface area (Å²) in [6, 6.07) is 1.90. The van der Waals surface area contributed by atoms with Gasteiger partial charge in [0.25, 0.3) is 10.0 Å². The largest absolute Gasteiger partial charge is 0.281 e. The van der Waals surface area contributed by atoms with E-state index >= 15 is 0 Å². The fourth-order valence-electron chi connectivity index (χ4n) is 1.44. The molecule has 1 aromatic heterocycles. The molecule has 5 nitrogen and oxygen atoms in total. The monoisotopic (exact) mass is 291 g/mol. The lowest BCUT2D eigenvalue weighted by molar-refractivity contribution is 0.498. The van der Waals surface area contributed by atoms with Gasteiger partial charge in [-0.05, 0) is 6.92 Å². The summed E-state index contributed by atoms with van der Waals surface area (Å²) in [5.74, 6) is -4.36. The van der Waals surface area contributed by atoms with Gasteiger partial charge >= 0.3 is 0 Å². The normalized spacial score (nSPS) is 11.6. The van der Waals surface area contributed by atoms with E-state index in [-0.39, 0.29) is 18.0 Å². The smallest absolute Gasteiger partial charge is 0.268 e. The van der Waals surface area contributed by atoms with Crippen molar-refractivity contribution in [3.63, 3.8) is 0 Å². The topological polar surface area (TPSA) is 74.8 Å². The lowest BCUT2D eigenvalue weighted by atomic mass is 10.3. The van der Waals surface area contributed by atoms with Gasteiger partial charge in [-0.3, -0.25) is 9.82 Å². The fourth-order valence-corrected chi connectivity index (χ4v) is 2.56. The third-order valence-electron chi connectivity index (χ3n) is 2.18. The molecular weight excluding hydrogens is 283 g/mol. The van der Waals surface area contributed by atoms with Crippen LogP contribution < -0.4 is 4.72 Å². The maximum Gasteiger partial charge on any atom is 0.268 e. The molecule has 0 saturated carbocycles. The Balaban J connectivity index is 2.45. The summed E-state index contributed by atoms with van der Waals surface area (Å²) in [4.78, 5) is -1.26. The Labute approximate surface area is 106 Å². The minimum Gasteiger partial charge on any atom is -0.281 e. The van der Waals surface area contributed by atoms with Crippen LogP contribution in [-0.2, 0) is 10.0 Å². The van der Waals surface area contributed by atoms with Crippen molar-refractivity contribution in [1.29, 1.82) is 0 Å². The Morgan fingerprint density at radius 3 is 2.21 bits per heavy atom. The average Bonchev–Trinajstić information content (AvgIpc) is 2.60. The maximum absolute atomic E-state index is 13.4. The molecule has 102 valence electrons. The van der Waals surface area contributed by atoms with E-state index in [9.17, 15) is 21.6 Å². The van der Waals surface area contributed by atoms with Gasteiger partial charge in [0.2, 0.25) is 0 Å². The highest BCUT2D eigenvalue weighted by Gasteiger charge is 2.25. The fraction of sp³-hybridized carbons (Fsp3) is 0.100. The van der Waals surface area contributed by atoms with Crippen LogP contribution in [0.2, 0.25) is 0 Å². The summed E-state index contributed by atoms with van der Waals surface area (Å²) in [5.41, 5.74) is 0.553. The zero-order valence-corrected chi connectivity index (χ0v) is 10.4. The van der Waals surface area contributed by atoms with Crippen LogP contribution in [0.5, 0.6) is 0 Å². The van der Waals surface area contributed by atoms with Crippen molar-refractivity contribution in [3.8, 4) is 0 Å². The van der Waals surface area contributed by atoms with Crippen LogP contribution in [0.3, 0.4) is 0 Å². The number of sulfonamides is 1. The van der Waals surface area contributed by atoms with E-state index in [0.29, 0.717) is 5.69 Å². The van der Waals surface area contributed by atoms with Gasteiger partial charge in [-0.25, -0.2) is 21.6 Å². The highest BCUT2D eigenvalue weighted by atomic mass is 32.2. The van der Waals surface area contributed by atoms with Crippen molar-refractivity contribution >= 4 is 15.8 Å². The second kappa shape index (κ2) is 4.57. The molecule has 0 radical (unpaired) electrons. The predicted molar refractivity (Wildman–Crippen MR) is 60.4 cm³/mol. The van der Waals surface area contributed by atoms with Crippen molar-refractivity contribution in [1.82, 2.24) is 10.2 Å². The molecule has 2 N–H and O–H groups in total. The average molecular weight is 291 g/mol. The molecule has 0 saturated heterocycles. The molecule has 0 bridgehead atoms. The van der Waals surface area contributed by atoms with Crippen LogP contribution in [0.15, 0.2) is 23.1 Å². The van der Waals surface area contributed by atoms with Crippen LogP contribution >= 0.6 is 0 Å². The van der Waals surface area contributed by atoms with Crippen molar-refractivity contribution in [3.05, 3.63) is 41.3 Å². The minimum atomic E-state index is -4.53. The van der Waals surface area contributed by atoms with Crippen LogP contribution in [-0.4, -0.2) is 18.6 Å². The first-order chi connectivity index (χ1) is 8.79. The lowest BCUT2D eigenvalue weighted by Crippen LogP contribution is -2.17. The van der Waals surface area contributed by atoms with E-state index in [2.05, 4.69) is 10.2 Å². The van der Waals surface area contributed by atoms with Gasteiger partial charge in [0, 0.05) is 23.9 Å². The number of benzene rings is 1. The quantitative estimate of drug-likeness (QED) is 0.907. The molecular formula is C10H8F3N3O2S. The molecule has 1 heterocycles. The van der Waals surface area contributed by atoms with E-state index in [1.165, 1.54) is 6.07 Å². The number of aromatic amines is 1. The van der Waals surface area contributed by atoms with Crippen LogP contribution in [0, 0.1) is 24.4 Å². The summed E-state index contributed by atoms with van der Waals surface area (Å²) in [5, 5.41) is 6.03. The number of H-pyrrole nitrogens is 1. The first-order valence-corrected chi connectivity index (χ1v) is 6.47. The predicted octanol–water partition coefficient (Wildman–Crippen LogP) is 1.94. The molecule has 0 aliphatic carbocycles. The highest BCUT2D eigenvalue weighted by Crippen LogP contribution is 2.22. The number of aromatic nitrogens is 2. The van der Waals surface area contributed by atoms with Crippen LogP contribution in [0.25, 0.3) is 0 Å². The summed E-state index contributed by atoms with van der Waals surface area (Å²) in [6.07, 6.45) is 0. The van der Waals surface area contributed by atoms with Crippen molar-refractivity contribution in [2.75, 3.05) is 4.72 Å². The van der Waals surface area contributed by atoms with E-state index in [1.54, 1.807) is 6.92 Å². The first-order valence-electron chi connectivity index (χ1n) is 4.99. The molecule has 2 rings (SSSR count). The standard InChI is InChI=1S/C10H8F3N3O2S/c1-5-2-9(15-14-5)16-19(17,18)10-7(12)3-6(11)4-8(10)13/h2-4H,1H3,(H2,14,15,16). The van der Waals surface area contributed by atoms with E-state index in [1.807, 2.05) is 4.72 Å². The Bertz CT molecular complexity index is 704. The first kappa shape index (κ1) is 13.4. The van der Waals surface area contributed by atoms with Gasteiger partial charge in [-0.2, -0.15) is 5.10 Å². The molecule has 0 spiro atoms. The van der Waals surface area contributed by atoms with Crippen LogP contribution in [0.1, 0.15) is 5.69 Å². The van der Waals surface area contributed by atoms with Crippen LogP contribution in [0.4, 0.5) is 19.0 Å². The lowest BCUT2D eigenvalue weighted by Gasteiger charge is -2.07. The summed E-state index contributed by atoms with van der Waals surface area (Å²) >= 11 is 0. The molecule has 0 atom stereocenters. The molecule has 0 fully saturated rings. The molecule has 2 aromatic rings. The molecule has 0 aliphatic rings. The molecule has 9 heteroatoms. The maximum atomic E-state index is 13.4. The molecule has 1 aromatic carbocycles. The third kappa shape index (κ3) is 2.70. The Kier molecular flexibility index (Phi) is 3.23. The zero-order chi connectivity index (χ0) is 14.2. The zero-order valence-electron chi connectivity index (χ0n) is 9.54. The van der Waals surface area contributed by atoms with Gasteiger partial charge in [-0.15, -0.1) is 0 Å². The molecule has 19 heavy (non-hydrogen) atoms. The number of nitrogens with zero attached hydrogens (tertiary/aromatic N) is 1. The van der Waals surface area contributed by atoms with Gasteiger partial charge in [0.1, 0.15) is 17.5 Å². The van der Waals surface area contributed by atoms with E-state index in [4.69, 9.17) is 0 Å². The summed E-state index contributed by atoms with van der Waals surface area (Å²) < 4.78 is 65.0. The number of halogens is 3. The Hall–Kier alpha value is -2.03. The Morgan fingerprint density at radius 1 is 1.16 bits per heavy atom. The number of hydrogen-bond acceptors (Lipinski definition) is 3. The minimum absolute atomic E-state index is 0.124. The Morgan fingerprint density at radius 2 is 1.74 bits per heavy atom. The second-order valence-corrected chi connectivity index (χ2v) is 5.36. The number of hydrogen-bond donors (Lipinski definition) is 2. The van der Waals surface area contributed by atoms with Crippen molar-refractivity contribution < 1.29 is 21.6 Å². The van der Waals surface area contributed by atoms with Gasteiger partial charge in [0.05, 0.1) is 0 Å². The number of nitrogens with one attached hydrogen (secondary N) is 2. The van der Waals surface area contributed by atoms with E-state index in [0.717, 1.165) is 0 Å². The number of anilines is 1. The summed E-state index contributed by atoms with van der Waals surface area (Å²) in [6.45, 7) is 1.61. The highest BCUT2D eigenvalue weighted by molar-refractivity contribution is 7.92. The van der Waals surface area contributed by atoms with Crippen molar-refractivity contribution in [2.24, 2.45) is 0 Å². The molecule has 0 unspecified atom stereocenters. The van der Waals surface area contributed by atoms with Gasteiger partial charge in [0.15, 0.2) is 10.7 Å². The second-order valence-electron chi connectivity index (χ2n) is 3.74.